The lowest BCUT2D eigenvalue weighted by atomic mass is 10.1. The van der Waals surface area contributed by atoms with E-state index in [1.807, 2.05) is 32.0 Å². The first-order chi connectivity index (χ1) is 10.9. The van der Waals surface area contributed by atoms with Gasteiger partial charge in [-0.2, -0.15) is 0 Å². The van der Waals surface area contributed by atoms with Crippen LogP contribution in [0, 0.1) is 13.8 Å². The second kappa shape index (κ2) is 7.38. The minimum atomic E-state index is -0.629. The van der Waals surface area contributed by atoms with Crippen molar-refractivity contribution in [3.05, 3.63) is 52.5 Å². The number of methoxy groups -OCH3 is 1. The Hall–Kier alpha value is -2.20. The van der Waals surface area contributed by atoms with E-state index in [1.54, 1.807) is 32.2 Å². The van der Waals surface area contributed by atoms with Crippen molar-refractivity contribution in [1.29, 1.82) is 0 Å². The Morgan fingerprint density at radius 2 is 1.83 bits per heavy atom. The molecule has 0 spiro atoms. The van der Waals surface area contributed by atoms with E-state index >= 15 is 0 Å². The lowest BCUT2D eigenvalue weighted by molar-refractivity contribution is -0.122. The molecule has 0 aliphatic heterocycles. The number of carbonyl (C=O) groups is 1. The molecule has 0 aliphatic carbocycles. The zero-order chi connectivity index (χ0) is 17.0. The third-order valence-corrected chi connectivity index (χ3v) is 3.79. The maximum atomic E-state index is 12.3. The van der Waals surface area contributed by atoms with Gasteiger partial charge in [-0.3, -0.25) is 4.79 Å². The number of hydrogen-bond donors (Lipinski definition) is 1. The summed E-state index contributed by atoms with van der Waals surface area (Å²) >= 11 is 6.06. The lowest BCUT2D eigenvalue weighted by Gasteiger charge is -2.18. The number of rotatable bonds is 5. The number of halogens is 1. The molecule has 1 atom stereocenters. The van der Waals surface area contributed by atoms with E-state index in [0.717, 1.165) is 16.9 Å². The molecule has 2 rings (SSSR count). The van der Waals surface area contributed by atoms with Crippen LogP contribution in [0.1, 0.15) is 18.1 Å². The normalized spacial score (nSPS) is 11.7. The summed E-state index contributed by atoms with van der Waals surface area (Å²) in [5.74, 6) is 1.06. The van der Waals surface area contributed by atoms with Crippen LogP contribution in [-0.4, -0.2) is 19.1 Å². The second-order valence-corrected chi connectivity index (χ2v) is 5.73. The Bertz CT molecular complexity index is 695. The standard InChI is InChI=1S/C18H20ClNO3/c1-11-6-5-7-12(2)17(11)23-13(3)18(21)20-14-8-9-16(22-4)15(19)10-14/h5-10,13H,1-4H3,(H,20,21). The van der Waals surface area contributed by atoms with Crippen molar-refractivity contribution in [1.82, 2.24) is 0 Å². The van der Waals surface area contributed by atoms with E-state index in [4.69, 9.17) is 21.1 Å². The van der Waals surface area contributed by atoms with Gasteiger partial charge in [0.05, 0.1) is 12.1 Å². The zero-order valence-electron chi connectivity index (χ0n) is 13.6. The number of nitrogens with one attached hydrogen (secondary N) is 1. The first kappa shape index (κ1) is 17.2. The molecular weight excluding hydrogens is 314 g/mol. The summed E-state index contributed by atoms with van der Waals surface area (Å²) in [6, 6.07) is 10.9. The van der Waals surface area contributed by atoms with Gasteiger partial charge in [0.25, 0.3) is 5.91 Å². The molecule has 0 saturated carbocycles. The van der Waals surface area contributed by atoms with Crippen LogP contribution in [0.5, 0.6) is 11.5 Å². The highest BCUT2D eigenvalue weighted by Gasteiger charge is 2.17. The Morgan fingerprint density at radius 1 is 1.17 bits per heavy atom. The number of aryl methyl sites for hydroxylation is 2. The van der Waals surface area contributed by atoms with Crippen LogP contribution >= 0.6 is 11.6 Å². The second-order valence-electron chi connectivity index (χ2n) is 5.32. The van der Waals surface area contributed by atoms with Gasteiger partial charge in [-0.15, -0.1) is 0 Å². The Labute approximate surface area is 141 Å². The molecule has 2 aromatic carbocycles. The Kier molecular flexibility index (Phi) is 5.50. The first-order valence-electron chi connectivity index (χ1n) is 7.29. The summed E-state index contributed by atoms with van der Waals surface area (Å²) in [7, 11) is 1.54. The maximum absolute atomic E-state index is 12.3. The van der Waals surface area contributed by atoms with Gasteiger partial charge in [-0.25, -0.2) is 0 Å². The smallest absolute Gasteiger partial charge is 0.265 e. The Balaban J connectivity index is 2.07. The van der Waals surface area contributed by atoms with Crippen LogP contribution < -0.4 is 14.8 Å². The molecule has 0 aromatic heterocycles. The average molecular weight is 334 g/mol. The third-order valence-electron chi connectivity index (χ3n) is 3.49. The minimum Gasteiger partial charge on any atom is -0.495 e. The van der Waals surface area contributed by atoms with Crippen molar-refractivity contribution in [2.24, 2.45) is 0 Å². The van der Waals surface area contributed by atoms with Crippen LogP contribution in [-0.2, 0) is 4.79 Å². The summed E-state index contributed by atoms with van der Waals surface area (Å²) in [6.07, 6.45) is -0.629. The molecule has 0 heterocycles. The molecule has 1 N–H and O–H groups in total. The quantitative estimate of drug-likeness (QED) is 0.883. The molecule has 0 fully saturated rings. The number of para-hydroxylation sites is 1. The molecule has 1 unspecified atom stereocenters. The molecule has 2 aromatic rings. The average Bonchev–Trinajstić information content (AvgIpc) is 2.51. The number of benzene rings is 2. The fourth-order valence-corrected chi connectivity index (χ4v) is 2.46. The number of ether oxygens (including phenoxy) is 2. The van der Waals surface area contributed by atoms with Crippen LogP contribution in [0.4, 0.5) is 5.69 Å². The van der Waals surface area contributed by atoms with E-state index in [0.29, 0.717) is 16.5 Å². The van der Waals surface area contributed by atoms with E-state index in [1.165, 1.54) is 0 Å². The van der Waals surface area contributed by atoms with Crippen LogP contribution in [0.25, 0.3) is 0 Å². The number of hydrogen-bond acceptors (Lipinski definition) is 3. The monoisotopic (exact) mass is 333 g/mol. The summed E-state index contributed by atoms with van der Waals surface area (Å²) in [5, 5.41) is 3.23. The zero-order valence-corrected chi connectivity index (χ0v) is 14.4. The molecule has 1 amide bonds. The summed E-state index contributed by atoms with van der Waals surface area (Å²) in [5.41, 5.74) is 2.59. The predicted octanol–water partition coefficient (Wildman–Crippen LogP) is 4.37. The van der Waals surface area contributed by atoms with Gasteiger partial charge in [0.15, 0.2) is 6.10 Å². The van der Waals surface area contributed by atoms with Gasteiger partial charge < -0.3 is 14.8 Å². The van der Waals surface area contributed by atoms with Crippen molar-refractivity contribution in [3.63, 3.8) is 0 Å². The third kappa shape index (κ3) is 4.17. The lowest BCUT2D eigenvalue weighted by Crippen LogP contribution is -2.30. The predicted molar refractivity (Wildman–Crippen MR) is 92.6 cm³/mol. The fourth-order valence-electron chi connectivity index (χ4n) is 2.20. The van der Waals surface area contributed by atoms with Gasteiger partial charge in [-0.05, 0) is 50.1 Å². The van der Waals surface area contributed by atoms with Gasteiger partial charge in [0.2, 0.25) is 0 Å². The van der Waals surface area contributed by atoms with E-state index in [2.05, 4.69) is 5.32 Å². The van der Waals surface area contributed by atoms with Gasteiger partial charge in [0.1, 0.15) is 11.5 Å². The SMILES string of the molecule is COc1ccc(NC(=O)C(C)Oc2c(C)cccc2C)cc1Cl. The minimum absolute atomic E-state index is 0.242. The van der Waals surface area contributed by atoms with Gasteiger partial charge in [0, 0.05) is 5.69 Å². The molecule has 23 heavy (non-hydrogen) atoms. The van der Waals surface area contributed by atoms with E-state index < -0.39 is 6.10 Å². The van der Waals surface area contributed by atoms with Crippen molar-refractivity contribution < 1.29 is 14.3 Å². The number of anilines is 1. The molecule has 0 aliphatic rings. The van der Waals surface area contributed by atoms with Crippen molar-refractivity contribution in [2.45, 2.75) is 26.9 Å². The summed E-state index contributed by atoms with van der Waals surface area (Å²) in [4.78, 5) is 12.3. The fraction of sp³-hybridized carbons (Fsp3) is 0.278. The molecule has 0 bridgehead atoms. The van der Waals surface area contributed by atoms with Gasteiger partial charge in [-0.1, -0.05) is 29.8 Å². The summed E-state index contributed by atoms with van der Waals surface area (Å²) < 4.78 is 10.9. The van der Waals surface area contributed by atoms with Crippen molar-refractivity contribution in [2.75, 3.05) is 12.4 Å². The van der Waals surface area contributed by atoms with Crippen LogP contribution in [0.15, 0.2) is 36.4 Å². The highest BCUT2D eigenvalue weighted by atomic mass is 35.5. The summed E-state index contributed by atoms with van der Waals surface area (Å²) in [6.45, 7) is 5.62. The highest BCUT2D eigenvalue weighted by Crippen LogP contribution is 2.28. The molecule has 122 valence electrons. The number of carbonyl (C=O) groups excluding carboxylic acids is 1. The molecular formula is C18H20ClNO3. The molecule has 0 radical (unpaired) electrons. The molecule has 5 heteroatoms. The van der Waals surface area contributed by atoms with Crippen LogP contribution in [0.3, 0.4) is 0 Å². The maximum Gasteiger partial charge on any atom is 0.265 e. The Morgan fingerprint density at radius 3 is 2.39 bits per heavy atom. The van der Waals surface area contributed by atoms with Crippen molar-refractivity contribution >= 4 is 23.2 Å². The topological polar surface area (TPSA) is 47.6 Å². The first-order valence-corrected chi connectivity index (χ1v) is 7.67. The molecule has 4 nitrogen and oxygen atoms in total. The highest BCUT2D eigenvalue weighted by molar-refractivity contribution is 6.32. The number of amides is 1. The molecule has 0 saturated heterocycles. The van der Waals surface area contributed by atoms with Crippen molar-refractivity contribution in [3.8, 4) is 11.5 Å². The largest absolute Gasteiger partial charge is 0.495 e. The van der Waals surface area contributed by atoms with E-state index in [-0.39, 0.29) is 5.91 Å². The van der Waals surface area contributed by atoms with Gasteiger partial charge >= 0.3 is 0 Å². The van der Waals surface area contributed by atoms with Crippen LogP contribution in [0.2, 0.25) is 5.02 Å². The van der Waals surface area contributed by atoms with E-state index in [9.17, 15) is 4.79 Å².